The molecule has 1 unspecified atom stereocenters. The lowest BCUT2D eigenvalue weighted by Gasteiger charge is -2.31. The Hall–Kier alpha value is -1.24. The van der Waals surface area contributed by atoms with E-state index in [1.807, 2.05) is 6.20 Å². The number of nitrogens with zero attached hydrogens (tertiary/aromatic N) is 3. The van der Waals surface area contributed by atoms with Crippen molar-refractivity contribution >= 4 is 11.3 Å². The van der Waals surface area contributed by atoms with Gasteiger partial charge in [-0.2, -0.15) is 5.10 Å². The van der Waals surface area contributed by atoms with Gasteiger partial charge in [0.25, 0.3) is 0 Å². The predicted octanol–water partition coefficient (Wildman–Crippen LogP) is 2.39. The lowest BCUT2D eigenvalue weighted by Crippen LogP contribution is -2.34. The van der Waals surface area contributed by atoms with Gasteiger partial charge in [0.05, 0.1) is 12.3 Å². The van der Waals surface area contributed by atoms with Crippen molar-refractivity contribution in [2.75, 3.05) is 20.2 Å². The van der Waals surface area contributed by atoms with Gasteiger partial charge in [-0.1, -0.05) is 0 Å². The normalized spacial score (nSPS) is 20.4. The smallest absolute Gasteiger partial charge is 0.119 e. The summed E-state index contributed by atoms with van der Waals surface area (Å²) in [7, 11) is 1.71. The molecular weight excluding hydrogens is 272 g/mol. The Balaban J connectivity index is 1.59. The number of hydrogen-bond donors (Lipinski definition) is 1. The number of ether oxygens (including phenoxy) is 1. The number of aromatic amines is 1. The molecule has 108 valence electrons. The van der Waals surface area contributed by atoms with E-state index in [2.05, 4.69) is 31.5 Å². The minimum absolute atomic E-state index is 0.573. The van der Waals surface area contributed by atoms with Gasteiger partial charge in [0.1, 0.15) is 5.01 Å². The molecule has 0 amide bonds. The average molecular weight is 292 g/mol. The number of methoxy groups -OCH3 is 1. The summed E-state index contributed by atoms with van der Waals surface area (Å²) in [5.41, 5.74) is 2.42. The fourth-order valence-corrected chi connectivity index (χ4v) is 3.54. The Labute approximate surface area is 123 Å². The fourth-order valence-electron chi connectivity index (χ4n) is 2.79. The Morgan fingerprint density at radius 3 is 3.30 bits per heavy atom. The first-order valence-corrected chi connectivity index (χ1v) is 7.87. The van der Waals surface area contributed by atoms with Crippen molar-refractivity contribution in [3.63, 3.8) is 0 Å². The van der Waals surface area contributed by atoms with Gasteiger partial charge in [-0.3, -0.25) is 10.00 Å². The van der Waals surface area contributed by atoms with Gasteiger partial charge in [0, 0.05) is 43.4 Å². The molecule has 0 bridgehead atoms. The summed E-state index contributed by atoms with van der Waals surface area (Å²) in [4.78, 5) is 7.10. The van der Waals surface area contributed by atoms with Crippen LogP contribution in [-0.2, 0) is 17.9 Å². The lowest BCUT2D eigenvalue weighted by molar-refractivity contribution is 0.182. The van der Waals surface area contributed by atoms with Crippen molar-refractivity contribution < 1.29 is 4.74 Å². The molecule has 1 fully saturated rings. The minimum Gasteiger partial charge on any atom is -0.378 e. The average Bonchev–Trinajstić information content (AvgIpc) is 3.11. The Bertz CT molecular complexity index is 525. The predicted molar refractivity (Wildman–Crippen MR) is 78.7 cm³/mol. The Morgan fingerprint density at radius 1 is 1.55 bits per heavy atom. The second kappa shape index (κ2) is 6.47. The van der Waals surface area contributed by atoms with E-state index < -0.39 is 0 Å². The molecule has 0 spiro atoms. The molecule has 1 atom stereocenters. The van der Waals surface area contributed by atoms with Crippen molar-refractivity contribution in [1.29, 1.82) is 0 Å². The summed E-state index contributed by atoms with van der Waals surface area (Å²) in [5, 5.41) is 10.4. The molecule has 3 heterocycles. The van der Waals surface area contributed by atoms with Crippen LogP contribution in [0, 0.1) is 0 Å². The quantitative estimate of drug-likeness (QED) is 0.919. The number of nitrogens with one attached hydrogen (secondary N) is 1. The molecule has 0 saturated carbocycles. The molecule has 0 aromatic carbocycles. The van der Waals surface area contributed by atoms with E-state index >= 15 is 0 Å². The molecule has 5 nitrogen and oxygen atoms in total. The zero-order valence-electron chi connectivity index (χ0n) is 11.7. The Morgan fingerprint density at radius 2 is 2.50 bits per heavy atom. The molecule has 1 N–H and O–H groups in total. The van der Waals surface area contributed by atoms with Crippen LogP contribution in [0.25, 0.3) is 0 Å². The van der Waals surface area contributed by atoms with Gasteiger partial charge in [0.2, 0.25) is 0 Å². The monoisotopic (exact) mass is 292 g/mol. The zero-order chi connectivity index (χ0) is 13.8. The van der Waals surface area contributed by atoms with Gasteiger partial charge < -0.3 is 4.74 Å². The van der Waals surface area contributed by atoms with E-state index in [-0.39, 0.29) is 0 Å². The Kier molecular flexibility index (Phi) is 4.44. The molecule has 2 aromatic rings. The molecule has 3 rings (SSSR count). The van der Waals surface area contributed by atoms with Gasteiger partial charge in [-0.15, -0.1) is 11.3 Å². The molecule has 1 aliphatic rings. The summed E-state index contributed by atoms with van der Waals surface area (Å²) >= 11 is 1.68. The molecule has 2 aromatic heterocycles. The standard InChI is InChI=1S/C14H20N4OS/c1-19-9-14-16-12(10-20-14)8-18-6-2-3-11(7-18)13-4-5-15-17-13/h4-5,10-11H,2-3,6-9H2,1H3,(H,15,17). The molecule has 1 aliphatic heterocycles. The van der Waals surface area contributed by atoms with Crippen LogP contribution in [0.2, 0.25) is 0 Å². The number of rotatable bonds is 5. The maximum Gasteiger partial charge on any atom is 0.119 e. The maximum atomic E-state index is 5.12. The third-order valence-electron chi connectivity index (χ3n) is 3.72. The van der Waals surface area contributed by atoms with Crippen molar-refractivity contribution in [1.82, 2.24) is 20.1 Å². The van der Waals surface area contributed by atoms with Gasteiger partial charge in [-0.25, -0.2) is 4.98 Å². The fraction of sp³-hybridized carbons (Fsp3) is 0.571. The molecular formula is C14H20N4OS. The van der Waals surface area contributed by atoms with Crippen LogP contribution < -0.4 is 0 Å². The van der Waals surface area contributed by atoms with Crippen molar-refractivity contribution in [3.8, 4) is 0 Å². The van der Waals surface area contributed by atoms with Gasteiger partial charge in [0.15, 0.2) is 0 Å². The van der Waals surface area contributed by atoms with Crippen LogP contribution in [0.5, 0.6) is 0 Å². The third-order valence-corrected chi connectivity index (χ3v) is 4.59. The number of H-pyrrole nitrogens is 1. The van der Waals surface area contributed by atoms with Crippen molar-refractivity contribution in [2.45, 2.75) is 31.9 Å². The highest BCUT2D eigenvalue weighted by molar-refractivity contribution is 7.09. The third kappa shape index (κ3) is 3.26. The van der Waals surface area contributed by atoms with Crippen LogP contribution in [0.3, 0.4) is 0 Å². The molecule has 6 heteroatoms. The lowest BCUT2D eigenvalue weighted by atomic mass is 9.95. The van der Waals surface area contributed by atoms with Crippen molar-refractivity contribution in [3.05, 3.63) is 34.0 Å². The second-order valence-corrected chi connectivity index (χ2v) is 6.19. The van der Waals surface area contributed by atoms with E-state index in [0.29, 0.717) is 12.5 Å². The van der Waals surface area contributed by atoms with E-state index in [4.69, 9.17) is 4.74 Å². The summed E-state index contributed by atoms with van der Waals surface area (Å²) in [6.45, 7) is 3.79. The number of likely N-dealkylation sites (tertiary alicyclic amines) is 1. The van der Waals surface area contributed by atoms with Gasteiger partial charge in [-0.05, 0) is 25.5 Å². The van der Waals surface area contributed by atoms with E-state index in [9.17, 15) is 0 Å². The highest BCUT2D eigenvalue weighted by Crippen LogP contribution is 2.26. The summed E-state index contributed by atoms with van der Waals surface area (Å²) in [5.74, 6) is 0.573. The SMILES string of the molecule is COCc1nc(CN2CCCC(c3ccn[nH]3)C2)cs1. The minimum atomic E-state index is 0.573. The van der Waals surface area contributed by atoms with E-state index in [0.717, 1.165) is 30.3 Å². The number of piperidine rings is 1. The summed E-state index contributed by atoms with van der Waals surface area (Å²) in [6.07, 6.45) is 4.31. The topological polar surface area (TPSA) is 54.0 Å². The first-order chi connectivity index (χ1) is 9.85. The first-order valence-electron chi connectivity index (χ1n) is 6.99. The largest absolute Gasteiger partial charge is 0.378 e. The van der Waals surface area contributed by atoms with Crippen LogP contribution in [0.15, 0.2) is 17.6 Å². The molecule has 20 heavy (non-hydrogen) atoms. The number of aromatic nitrogens is 3. The van der Waals surface area contributed by atoms with Crippen LogP contribution in [-0.4, -0.2) is 40.3 Å². The van der Waals surface area contributed by atoms with Gasteiger partial charge >= 0.3 is 0 Å². The summed E-state index contributed by atoms with van der Waals surface area (Å²) in [6, 6.07) is 2.09. The highest BCUT2D eigenvalue weighted by atomic mass is 32.1. The van der Waals surface area contributed by atoms with Crippen molar-refractivity contribution in [2.24, 2.45) is 0 Å². The first kappa shape index (κ1) is 13.7. The zero-order valence-corrected chi connectivity index (χ0v) is 12.5. The molecule has 0 aliphatic carbocycles. The number of hydrogen-bond acceptors (Lipinski definition) is 5. The van der Waals surface area contributed by atoms with E-state index in [1.54, 1.807) is 18.4 Å². The molecule has 1 saturated heterocycles. The highest BCUT2D eigenvalue weighted by Gasteiger charge is 2.22. The second-order valence-electron chi connectivity index (χ2n) is 5.25. The van der Waals surface area contributed by atoms with Crippen LogP contribution >= 0.6 is 11.3 Å². The number of thiazole rings is 1. The summed E-state index contributed by atoms with van der Waals surface area (Å²) < 4.78 is 5.12. The molecule has 0 radical (unpaired) electrons. The van der Waals surface area contributed by atoms with Crippen LogP contribution in [0.4, 0.5) is 0 Å². The van der Waals surface area contributed by atoms with E-state index in [1.165, 1.54) is 18.5 Å². The maximum absolute atomic E-state index is 5.12. The van der Waals surface area contributed by atoms with Crippen LogP contribution in [0.1, 0.15) is 35.2 Å².